The van der Waals surface area contributed by atoms with Gasteiger partial charge in [0, 0.05) is 11.8 Å². The molecule has 0 spiro atoms. The maximum absolute atomic E-state index is 12.1. The number of hydrogen-bond acceptors (Lipinski definition) is 2. The monoisotopic (exact) mass is 328 g/mol. The van der Waals surface area contributed by atoms with E-state index in [0.29, 0.717) is 9.98 Å². The van der Waals surface area contributed by atoms with E-state index >= 15 is 0 Å². The van der Waals surface area contributed by atoms with Gasteiger partial charge in [-0.3, -0.25) is 4.79 Å². The van der Waals surface area contributed by atoms with Gasteiger partial charge in [-0.25, -0.2) is 8.72 Å². The molecule has 0 aromatic heterocycles. The van der Waals surface area contributed by atoms with E-state index in [4.69, 9.17) is 11.8 Å². The molecule has 94 valence electrons. The van der Waals surface area contributed by atoms with Crippen LogP contribution in [0.1, 0.15) is 18.1 Å². The molecular formula is C12H10BrClN2O2. The quantitative estimate of drug-likeness (QED) is 0.617. The maximum atomic E-state index is 12.1. The van der Waals surface area contributed by atoms with Crippen molar-refractivity contribution in [2.24, 2.45) is 0 Å². The third kappa shape index (κ3) is 1.66. The highest BCUT2D eigenvalue weighted by Crippen LogP contribution is 2.40. The summed E-state index contributed by atoms with van der Waals surface area (Å²) in [5, 5.41) is 0. The van der Waals surface area contributed by atoms with Gasteiger partial charge >= 0.3 is 6.03 Å². The van der Waals surface area contributed by atoms with Crippen LogP contribution in [0.5, 0.6) is 0 Å². The summed E-state index contributed by atoms with van der Waals surface area (Å²) in [5.41, 5.74) is 0.466. The molecule has 1 unspecified atom stereocenters. The number of benzene rings is 1. The smallest absolute Gasteiger partial charge is 0.270 e. The highest BCUT2D eigenvalue weighted by atomic mass is 79.9. The van der Waals surface area contributed by atoms with Crippen molar-refractivity contribution >= 4 is 45.9 Å². The lowest BCUT2D eigenvalue weighted by Gasteiger charge is -2.26. The minimum absolute atomic E-state index is 0.489. The minimum Gasteiger partial charge on any atom is -0.270 e. The Labute approximate surface area is 118 Å². The second-order valence-electron chi connectivity index (χ2n) is 4.05. The predicted octanol–water partition coefficient (Wildman–Crippen LogP) is 3.27. The first kappa shape index (κ1) is 13.1. The van der Waals surface area contributed by atoms with Crippen LogP contribution in [0.3, 0.4) is 0 Å². The van der Waals surface area contributed by atoms with Crippen LogP contribution >= 0.6 is 27.9 Å². The lowest BCUT2D eigenvalue weighted by atomic mass is 9.91. The molecule has 4 nitrogen and oxygen atoms in total. The first-order valence-electron chi connectivity index (χ1n) is 5.16. The van der Waals surface area contributed by atoms with Crippen molar-refractivity contribution in [1.82, 2.24) is 8.34 Å². The molecule has 1 fully saturated rings. The molecule has 6 heteroatoms. The van der Waals surface area contributed by atoms with Crippen molar-refractivity contribution in [3.8, 4) is 0 Å². The number of nitrogens with zero attached hydrogens (tertiary/aromatic N) is 2. The lowest BCUT2D eigenvalue weighted by Crippen LogP contribution is -2.38. The van der Waals surface area contributed by atoms with Gasteiger partial charge in [0.2, 0.25) is 0 Å². The van der Waals surface area contributed by atoms with Gasteiger partial charge in [-0.05, 0) is 18.1 Å². The average Bonchev–Trinajstić information content (AvgIpc) is 2.55. The zero-order valence-electron chi connectivity index (χ0n) is 9.56. The molecule has 0 bridgehead atoms. The van der Waals surface area contributed by atoms with E-state index in [1.807, 2.05) is 12.1 Å². The fourth-order valence-corrected chi connectivity index (χ4v) is 2.66. The Morgan fingerprint density at radius 1 is 1.33 bits per heavy atom. The lowest BCUT2D eigenvalue weighted by molar-refractivity contribution is -0.128. The fraction of sp³-hybridized carbons (Fsp3) is 0.167. The molecule has 0 N–H and O–H groups in total. The van der Waals surface area contributed by atoms with Crippen molar-refractivity contribution in [3.63, 3.8) is 0 Å². The summed E-state index contributed by atoms with van der Waals surface area (Å²) in [7, 11) is 0. The molecule has 1 aromatic carbocycles. The van der Waals surface area contributed by atoms with Crippen molar-refractivity contribution in [2.75, 3.05) is 0 Å². The molecule has 0 aliphatic carbocycles. The molecule has 0 saturated carbocycles. The van der Waals surface area contributed by atoms with Crippen LogP contribution < -0.4 is 0 Å². The summed E-state index contributed by atoms with van der Waals surface area (Å²) >= 11 is 8.74. The zero-order valence-corrected chi connectivity index (χ0v) is 11.9. The van der Waals surface area contributed by atoms with Crippen molar-refractivity contribution < 1.29 is 9.59 Å². The molecule has 1 aliphatic rings. The largest absolute Gasteiger partial charge is 0.353 e. The SMILES string of the molecule is C=Cc1ccc(C2(C)C(=O)N(Cl)C(=O)N2Br)cc1. The van der Waals surface area contributed by atoms with Crippen LogP contribution in [0.25, 0.3) is 6.08 Å². The van der Waals surface area contributed by atoms with E-state index in [1.165, 1.54) is 0 Å². The Balaban J connectivity index is 2.50. The number of carbonyl (C=O) groups excluding carboxylic acids is 2. The maximum Gasteiger partial charge on any atom is 0.353 e. The Morgan fingerprint density at radius 2 is 1.89 bits per heavy atom. The van der Waals surface area contributed by atoms with Crippen molar-refractivity contribution in [1.29, 1.82) is 0 Å². The highest BCUT2D eigenvalue weighted by molar-refractivity contribution is 9.07. The minimum atomic E-state index is -1.14. The van der Waals surface area contributed by atoms with Gasteiger partial charge in [0.05, 0.1) is 16.1 Å². The molecule has 0 radical (unpaired) electrons. The first-order chi connectivity index (χ1) is 8.42. The van der Waals surface area contributed by atoms with Crippen LogP contribution in [0.4, 0.5) is 4.79 Å². The van der Waals surface area contributed by atoms with Gasteiger partial charge in [0.1, 0.15) is 0 Å². The number of amides is 3. The van der Waals surface area contributed by atoms with Gasteiger partial charge in [-0.2, -0.15) is 4.42 Å². The van der Waals surface area contributed by atoms with E-state index in [1.54, 1.807) is 25.1 Å². The van der Waals surface area contributed by atoms with E-state index in [-0.39, 0.29) is 0 Å². The van der Waals surface area contributed by atoms with E-state index in [0.717, 1.165) is 9.49 Å². The molecule has 1 aliphatic heterocycles. The van der Waals surface area contributed by atoms with E-state index in [9.17, 15) is 9.59 Å². The number of urea groups is 1. The first-order valence-corrected chi connectivity index (χ1v) is 6.21. The normalized spacial score (nSPS) is 23.7. The van der Waals surface area contributed by atoms with Gasteiger partial charge in [-0.1, -0.05) is 36.9 Å². The van der Waals surface area contributed by atoms with Crippen LogP contribution in [-0.2, 0) is 10.3 Å². The summed E-state index contributed by atoms with van der Waals surface area (Å²) in [6.45, 7) is 5.29. The van der Waals surface area contributed by atoms with Gasteiger partial charge in [0.25, 0.3) is 5.91 Å². The van der Waals surface area contributed by atoms with Crippen LogP contribution in [0, 0.1) is 0 Å². The third-order valence-corrected chi connectivity index (χ3v) is 4.34. The Morgan fingerprint density at radius 3 is 2.28 bits per heavy atom. The third-order valence-electron chi connectivity index (χ3n) is 3.03. The number of halogens is 2. The number of carbonyl (C=O) groups is 2. The highest BCUT2D eigenvalue weighted by Gasteiger charge is 2.54. The number of hydrogen-bond donors (Lipinski definition) is 0. The summed E-state index contributed by atoms with van der Waals surface area (Å²) in [6, 6.07) is 6.59. The molecule has 1 aromatic rings. The second-order valence-corrected chi connectivity index (χ2v) is 5.10. The zero-order chi connectivity index (χ0) is 13.5. The molecular weight excluding hydrogens is 320 g/mol. The van der Waals surface area contributed by atoms with Gasteiger partial charge in [0.15, 0.2) is 5.54 Å². The number of rotatable bonds is 2. The summed E-state index contributed by atoms with van der Waals surface area (Å²) in [4.78, 5) is 23.7. The Bertz CT molecular complexity index is 531. The summed E-state index contributed by atoms with van der Waals surface area (Å²) < 4.78 is 1.73. The Kier molecular flexibility index (Phi) is 3.21. The molecule has 3 amide bonds. The molecule has 18 heavy (non-hydrogen) atoms. The molecule has 1 heterocycles. The second kappa shape index (κ2) is 4.40. The summed E-state index contributed by atoms with van der Waals surface area (Å²) in [5.74, 6) is -0.489. The van der Waals surface area contributed by atoms with Gasteiger partial charge < -0.3 is 0 Å². The number of imide groups is 1. The van der Waals surface area contributed by atoms with E-state index in [2.05, 4.69) is 22.7 Å². The predicted molar refractivity (Wildman–Crippen MR) is 72.7 cm³/mol. The topological polar surface area (TPSA) is 40.6 Å². The van der Waals surface area contributed by atoms with Crippen molar-refractivity contribution in [2.45, 2.75) is 12.5 Å². The Hall–Kier alpha value is -1.33. The van der Waals surface area contributed by atoms with Crippen LogP contribution in [-0.4, -0.2) is 20.3 Å². The standard InChI is InChI=1S/C12H10BrClN2O2/c1-3-8-4-6-9(7-5-8)12(2)10(17)15(14)11(18)16(12)13/h3-7H,1H2,2H3. The van der Waals surface area contributed by atoms with Gasteiger partial charge in [-0.15, -0.1) is 0 Å². The molecule has 1 saturated heterocycles. The molecule has 1 atom stereocenters. The average molecular weight is 330 g/mol. The van der Waals surface area contributed by atoms with Crippen LogP contribution in [0.15, 0.2) is 30.8 Å². The fourth-order valence-electron chi connectivity index (χ4n) is 1.81. The van der Waals surface area contributed by atoms with Crippen LogP contribution in [0.2, 0.25) is 0 Å². The van der Waals surface area contributed by atoms with Crippen molar-refractivity contribution in [3.05, 3.63) is 42.0 Å². The van der Waals surface area contributed by atoms with E-state index < -0.39 is 17.5 Å². The molecule has 2 rings (SSSR count). The summed E-state index contributed by atoms with van der Waals surface area (Å²) in [6.07, 6.45) is 1.70.